The van der Waals surface area contributed by atoms with E-state index in [1.165, 1.54) is 0 Å². The number of carbonyl (C=O) groups excluding carboxylic acids is 1. The smallest absolute Gasteiger partial charge is 0.220 e. The molecule has 4 N–H and O–H groups in total. The van der Waals surface area contributed by atoms with Gasteiger partial charge in [-0.25, -0.2) is 0 Å². The Morgan fingerprint density at radius 2 is 2.15 bits per heavy atom. The van der Waals surface area contributed by atoms with Crippen molar-refractivity contribution in [1.82, 2.24) is 5.32 Å². The zero-order valence-corrected chi connectivity index (χ0v) is 8.25. The molecule has 1 atom stereocenters. The highest BCUT2D eigenvalue weighted by Crippen LogP contribution is 1.98. The maximum absolute atomic E-state index is 11.1. The van der Waals surface area contributed by atoms with Crippen LogP contribution < -0.4 is 11.1 Å². The molecule has 0 spiro atoms. The van der Waals surface area contributed by atoms with E-state index in [1.54, 1.807) is 6.92 Å². The van der Waals surface area contributed by atoms with Gasteiger partial charge in [0.2, 0.25) is 5.91 Å². The second-order valence-electron chi connectivity index (χ2n) is 3.25. The predicted molar refractivity (Wildman–Crippen MR) is 52.2 cm³/mol. The van der Waals surface area contributed by atoms with Crippen LogP contribution in [0.25, 0.3) is 0 Å². The van der Waals surface area contributed by atoms with E-state index in [2.05, 4.69) is 5.32 Å². The first kappa shape index (κ1) is 12.4. The molecule has 0 aromatic rings. The van der Waals surface area contributed by atoms with Crippen molar-refractivity contribution < 1.29 is 9.90 Å². The van der Waals surface area contributed by atoms with E-state index in [1.807, 2.05) is 0 Å². The van der Waals surface area contributed by atoms with Gasteiger partial charge in [-0.1, -0.05) is 6.42 Å². The van der Waals surface area contributed by atoms with Gasteiger partial charge in [0.1, 0.15) is 0 Å². The summed E-state index contributed by atoms with van der Waals surface area (Å²) in [4.78, 5) is 11.1. The zero-order chi connectivity index (χ0) is 10.1. The molecule has 0 bridgehead atoms. The minimum atomic E-state index is -0.137. The summed E-state index contributed by atoms with van der Waals surface area (Å²) < 4.78 is 0. The summed E-state index contributed by atoms with van der Waals surface area (Å²) in [5.74, 6) is 0.0126. The molecule has 0 saturated heterocycles. The molecule has 0 aliphatic carbocycles. The number of unbranched alkanes of at least 4 members (excludes halogenated alkanes) is 2. The molecule has 1 amide bonds. The summed E-state index contributed by atoms with van der Waals surface area (Å²) in [6.45, 7) is 2.46. The van der Waals surface area contributed by atoms with E-state index >= 15 is 0 Å². The largest absolute Gasteiger partial charge is 0.394 e. The topological polar surface area (TPSA) is 75.3 Å². The van der Waals surface area contributed by atoms with E-state index in [4.69, 9.17) is 10.8 Å². The van der Waals surface area contributed by atoms with Crippen molar-refractivity contribution in [3.05, 3.63) is 0 Å². The number of hydrogen-bond donors (Lipinski definition) is 3. The van der Waals surface area contributed by atoms with Crippen LogP contribution in [0.3, 0.4) is 0 Å². The highest BCUT2D eigenvalue weighted by atomic mass is 16.3. The Kier molecular flexibility index (Phi) is 7.63. The lowest BCUT2D eigenvalue weighted by molar-refractivity contribution is -0.122. The van der Waals surface area contributed by atoms with E-state index < -0.39 is 0 Å². The van der Waals surface area contributed by atoms with Crippen LogP contribution in [0.2, 0.25) is 0 Å². The minimum absolute atomic E-state index is 0.00542. The fraction of sp³-hybridized carbons (Fsp3) is 0.889. The molecule has 0 aliphatic heterocycles. The Morgan fingerprint density at radius 3 is 2.69 bits per heavy atom. The van der Waals surface area contributed by atoms with Crippen LogP contribution >= 0.6 is 0 Å². The number of amides is 1. The number of nitrogens with two attached hydrogens (primary N) is 1. The number of hydrogen-bond acceptors (Lipinski definition) is 3. The van der Waals surface area contributed by atoms with Crippen molar-refractivity contribution in [2.45, 2.75) is 38.6 Å². The molecule has 4 nitrogen and oxygen atoms in total. The van der Waals surface area contributed by atoms with Crippen LogP contribution in [-0.4, -0.2) is 30.2 Å². The van der Waals surface area contributed by atoms with Crippen molar-refractivity contribution >= 4 is 5.91 Å². The van der Waals surface area contributed by atoms with Gasteiger partial charge in [0.25, 0.3) is 0 Å². The third kappa shape index (κ3) is 7.74. The summed E-state index contributed by atoms with van der Waals surface area (Å²) in [5.41, 5.74) is 5.31. The van der Waals surface area contributed by atoms with Gasteiger partial charge < -0.3 is 16.2 Å². The first-order valence-electron chi connectivity index (χ1n) is 4.81. The SMILES string of the molecule is C[C@H](CO)NC(=O)CCCCCN. The number of rotatable bonds is 7. The second-order valence-corrected chi connectivity index (χ2v) is 3.25. The first-order valence-corrected chi connectivity index (χ1v) is 4.81. The lowest BCUT2D eigenvalue weighted by atomic mass is 10.2. The lowest BCUT2D eigenvalue weighted by Gasteiger charge is -2.10. The maximum atomic E-state index is 11.1. The van der Waals surface area contributed by atoms with Gasteiger partial charge >= 0.3 is 0 Å². The standard InChI is InChI=1S/C9H20N2O2/c1-8(7-12)11-9(13)5-3-2-4-6-10/h8,12H,2-7,10H2,1H3,(H,11,13)/t8-/m1/s1. The summed E-state index contributed by atoms with van der Waals surface area (Å²) in [5, 5.41) is 11.3. The number of aliphatic hydroxyl groups is 1. The van der Waals surface area contributed by atoms with Crippen LogP contribution in [0.1, 0.15) is 32.6 Å². The van der Waals surface area contributed by atoms with Gasteiger partial charge in [-0.05, 0) is 26.3 Å². The van der Waals surface area contributed by atoms with Crippen LogP contribution in [0.5, 0.6) is 0 Å². The van der Waals surface area contributed by atoms with E-state index in [9.17, 15) is 4.79 Å². The second kappa shape index (κ2) is 8.01. The number of nitrogens with one attached hydrogen (secondary N) is 1. The minimum Gasteiger partial charge on any atom is -0.394 e. The molecule has 0 saturated carbocycles. The van der Waals surface area contributed by atoms with Gasteiger partial charge in [0, 0.05) is 12.5 Å². The Balaban J connectivity index is 3.30. The van der Waals surface area contributed by atoms with Crippen LogP contribution in [0.4, 0.5) is 0 Å². The summed E-state index contributed by atoms with van der Waals surface area (Å²) in [6.07, 6.45) is 3.38. The highest BCUT2D eigenvalue weighted by molar-refractivity contribution is 5.76. The van der Waals surface area contributed by atoms with Crippen molar-refractivity contribution in [3.63, 3.8) is 0 Å². The van der Waals surface area contributed by atoms with E-state index in [0.29, 0.717) is 13.0 Å². The molecule has 0 aliphatic rings. The predicted octanol–water partition coefficient (Wildman–Crippen LogP) is 0.00250. The molecule has 0 aromatic carbocycles. The first-order chi connectivity index (χ1) is 6.20. The Morgan fingerprint density at radius 1 is 1.46 bits per heavy atom. The van der Waals surface area contributed by atoms with Crippen molar-refractivity contribution in [2.24, 2.45) is 5.73 Å². The van der Waals surface area contributed by atoms with Gasteiger partial charge in [0.05, 0.1) is 6.61 Å². The van der Waals surface area contributed by atoms with Crippen molar-refractivity contribution in [3.8, 4) is 0 Å². The zero-order valence-electron chi connectivity index (χ0n) is 8.25. The van der Waals surface area contributed by atoms with E-state index in [-0.39, 0.29) is 18.6 Å². The van der Waals surface area contributed by atoms with Gasteiger partial charge in [-0.2, -0.15) is 0 Å². The quantitative estimate of drug-likeness (QED) is 0.492. The molecule has 0 aromatic heterocycles. The normalized spacial score (nSPS) is 12.5. The Labute approximate surface area is 79.5 Å². The molecule has 0 radical (unpaired) electrons. The lowest BCUT2D eigenvalue weighted by Crippen LogP contribution is -2.34. The molecule has 0 fully saturated rings. The monoisotopic (exact) mass is 188 g/mol. The fourth-order valence-electron chi connectivity index (χ4n) is 0.999. The molecule has 78 valence electrons. The van der Waals surface area contributed by atoms with Crippen molar-refractivity contribution in [1.29, 1.82) is 0 Å². The molecule has 4 heteroatoms. The van der Waals surface area contributed by atoms with Gasteiger partial charge in [-0.15, -0.1) is 0 Å². The Bertz CT molecular complexity index is 140. The van der Waals surface area contributed by atoms with Gasteiger partial charge in [0.15, 0.2) is 0 Å². The highest BCUT2D eigenvalue weighted by Gasteiger charge is 2.04. The molecular formula is C9H20N2O2. The summed E-state index contributed by atoms with van der Waals surface area (Å²) in [6, 6.07) is -0.137. The average molecular weight is 188 g/mol. The molecule has 0 unspecified atom stereocenters. The van der Waals surface area contributed by atoms with Crippen molar-refractivity contribution in [2.75, 3.05) is 13.2 Å². The summed E-state index contributed by atoms with van der Waals surface area (Å²) in [7, 11) is 0. The maximum Gasteiger partial charge on any atom is 0.220 e. The third-order valence-corrected chi connectivity index (χ3v) is 1.79. The fourth-order valence-corrected chi connectivity index (χ4v) is 0.999. The van der Waals surface area contributed by atoms with Crippen LogP contribution in [0, 0.1) is 0 Å². The van der Waals surface area contributed by atoms with Crippen LogP contribution in [-0.2, 0) is 4.79 Å². The molecule has 0 rings (SSSR count). The van der Waals surface area contributed by atoms with Crippen LogP contribution in [0.15, 0.2) is 0 Å². The Hall–Kier alpha value is -0.610. The molecule has 0 heterocycles. The number of aliphatic hydroxyl groups excluding tert-OH is 1. The van der Waals surface area contributed by atoms with Gasteiger partial charge in [-0.3, -0.25) is 4.79 Å². The molecular weight excluding hydrogens is 168 g/mol. The average Bonchev–Trinajstić information content (AvgIpc) is 2.12. The summed E-state index contributed by atoms with van der Waals surface area (Å²) >= 11 is 0. The molecule has 13 heavy (non-hydrogen) atoms. The number of carbonyl (C=O) groups is 1. The van der Waals surface area contributed by atoms with E-state index in [0.717, 1.165) is 19.3 Å². The third-order valence-electron chi connectivity index (χ3n) is 1.79.